The van der Waals surface area contributed by atoms with Crippen molar-refractivity contribution >= 4 is 29.5 Å². The van der Waals surface area contributed by atoms with Gasteiger partial charge in [0.2, 0.25) is 0 Å². The SMILES string of the molecule is CCOC(=O)C1=C(C)N(c2ccc(OC)cc2)C(=O)/C1=C\c1ccc(OCC(=O)N[C@H](C)c2ccccc2)cc1. The summed E-state index contributed by atoms with van der Waals surface area (Å²) in [4.78, 5) is 40.3. The molecule has 40 heavy (non-hydrogen) atoms. The van der Waals surface area contributed by atoms with Crippen molar-refractivity contribution in [2.45, 2.75) is 26.8 Å². The van der Waals surface area contributed by atoms with Gasteiger partial charge in [-0.15, -0.1) is 0 Å². The minimum atomic E-state index is -0.564. The molecule has 0 bridgehead atoms. The number of carbonyl (C=O) groups excluding carboxylic acids is 3. The molecule has 0 unspecified atom stereocenters. The Balaban J connectivity index is 1.49. The molecule has 8 nitrogen and oxygen atoms in total. The molecule has 0 saturated carbocycles. The Bertz CT molecular complexity index is 1430. The average molecular weight is 541 g/mol. The van der Waals surface area contributed by atoms with Gasteiger partial charge in [0.05, 0.1) is 30.9 Å². The third-order valence-electron chi connectivity index (χ3n) is 6.45. The van der Waals surface area contributed by atoms with Crippen molar-refractivity contribution in [1.82, 2.24) is 5.32 Å². The fraction of sp³-hybridized carbons (Fsp3) is 0.219. The summed E-state index contributed by atoms with van der Waals surface area (Å²) < 4.78 is 16.1. The van der Waals surface area contributed by atoms with Crippen LogP contribution >= 0.6 is 0 Å². The van der Waals surface area contributed by atoms with E-state index in [9.17, 15) is 14.4 Å². The standard InChI is InChI=1S/C32H32N2O6/c1-5-39-32(37)30-22(3)34(25-13-17-26(38-4)18-14-25)31(36)28(30)19-23-11-15-27(16-12-23)40-20-29(35)33-21(2)24-9-7-6-8-10-24/h6-19,21H,5,20H2,1-4H3,(H,33,35)/b28-19-/t21-/m1/s1. The van der Waals surface area contributed by atoms with Crippen molar-refractivity contribution in [2.24, 2.45) is 0 Å². The van der Waals surface area contributed by atoms with Crippen LogP contribution in [0.2, 0.25) is 0 Å². The number of methoxy groups -OCH3 is 1. The van der Waals surface area contributed by atoms with Crippen molar-refractivity contribution in [3.63, 3.8) is 0 Å². The van der Waals surface area contributed by atoms with Crippen LogP contribution in [-0.4, -0.2) is 38.1 Å². The number of ether oxygens (including phenoxy) is 3. The zero-order valence-corrected chi connectivity index (χ0v) is 23.0. The van der Waals surface area contributed by atoms with Crippen LogP contribution in [0.15, 0.2) is 95.7 Å². The molecule has 1 aliphatic rings. The van der Waals surface area contributed by atoms with Crippen molar-refractivity contribution in [1.29, 1.82) is 0 Å². The number of anilines is 1. The molecule has 0 radical (unpaired) electrons. The first-order valence-corrected chi connectivity index (χ1v) is 13.0. The van der Waals surface area contributed by atoms with Crippen molar-refractivity contribution in [3.05, 3.63) is 107 Å². The van der Waals surface area contributed by atoms with Crippen LogP contribution in [0.5, 0.6) is 11.5 Å². The lowest BCUT2D eigenvalue weighted by Gasteiger charge is -2.18. The summed E-state index contributed by atoms with van der Waals surface area (Å²) in [5.74, 6) is 0.0162. The van der Waals surface area contributed by atoms with Crippen LogP contribution < -0.4 is 19.7 Å². The van der Waals surface area contributed by atoms with Crippen molar-refractivity contribution in [2.75, 3.05) is 25.2 Å². The third-order valence-corrected chi connectivity index (χ3v) is 6.45. The Kier molecular flexibility index (Phi) is 9.01. The number of benzene rings is 3. The highest BCUT2D eigenvalue weighted by atomic mass is 16.5. The number of carbonyl (C=O) groups is 3. The molecule has 3 aromatic carbocycles. The molecule has 2 amide bonds. The predicted molar refractivity (Wildman–Crippen MR) is 153 cm³/mol. The fourth-order valence-electron chi connectivity index (χ4n) is 4.41. The summed E-state index contributed by atoms with van der Waals surface area (Å²) in [6.45, 7) is 5.40. The first-order valence-electron chi connectivity index (χ1n) is 13.0. The Hall–Kier alpha value is -4.85. The van der Waals surface area contributed by atoms with E-state index in [-0.39, 0.29) is 42.2 Å². The molecule has 0 fully saturated rings. The molecule has 1 N–H and O–H groups in total. The van der Waals surface area contributed by atoms with E-state index < -0.39 is 5.97 Å². The molecule has 0 saturated heterocycles. The molecular weight excluding hydrogens is 508 g/mol. The lowest BCUT2D eigenvalue weighted by Crippen LogP contribution is -2.31. The summed E-state index contributed by atoms with van der Waals surface area (Å²) in [6, 6.07) is 23.5. The maximum absolute atomic E-state index is 13.5. The molecule has 0 aromatic heterocycles. The van der Waals surface area contributed by atoms with Crippen LogP contribution in [-0.2, 0) is 19.1 Å². The van der Waals surface area contributed by atoms with Gasteiger partial charge in [0, 0.05) is 11.4 Å². The number of esters is 1. The second-order valence-corrected chi connectivity index (χ2v) is 9.14. The summed E-state index contributed by atoms with van der Waals surface area (Å²) in [7, 11) is 1.57. The smallest absolute Gasteiger partial charge is 0.340 e. The number of amides is 2. The fourth-order valence-corrected chi connectivity index (χ4v) is 4.41. The van der Waals surface area contributed by atoms with Gasteiger partial charge >= 0.3 is 5.97 Å². The summed E-state index contributed by atoms with van der Waals surface area (Å²) >= 11 is 0. The highest BCUT2D eigenvalue weighted by Gasteiger charge is 2.38. The lowest BCUT2D eigenvalue weighted by atomic mass is 10.0. The normalized spacial score (nSPS) is 14.8. The number of nitrogens with one attached hydrogen (secondary N) is 1. The molecule has 1 heterocycles. The molecule has 206 valence electrons. The first kappa shape index (κ1) is 28.2. The van der Waals surface area contributed by atoms with Gasteiger partial charge in [0.15, 0.2) is 6.61 Å². The van der Waals surface area contributed by atoms with Gasteiger partial charge in [0.1, 0.15) is 11.5 Å². The number of rotatable bonds is 10. The van der Waals surface area contributed by atoms with Gasteiger partial charge in [0.25, 0.3) is 11.8 Å². The molecule has 8 heteroatoms. The molecule has 0 spiro atoms. The highest BCUT2D eigenvalue weighted by molar-refractivity contribution is 6.23. The van der Waals surface area contributed by atoms with Crippen LogP contribution in [0.3, 0.4) is 0 Å². The maximum atomic E-state index is 13.5. The van der Waals surface area contributed by atoms with E-state index in [1.54, 1.807) is 75.6 Å². The molecule has 1 atom stereocenters. The largest absolute Gasteiger partial charge is 0.497 e. The summed E-state index contributed by atoms with van der Waals surface area (Å²) in [5.41, 5.74) is 3.23. The second kappa shape index (κ2) is 12.8. The molecule has 4 rings (SSSR count). The number of hydrogen-bond donors (Lipinski definition) is 1. The maximum Gasteiger partial charge on any atom is 0.340 e. The van der Waals surface area contributed by atoms with Crippen molar-refractivity contribution in [3.8, 4) is 11.5 Å². The zero-order valence-electron chi connectivity index (χ0n) is 23.0. The Morgan fingerprint density at radius 2 is 1.60 bits per heavy atom. The van der Waals surface area contributed by atoms with E-state index in [1.165, 1.54) is 4.90 Å². The number of nitrogens with zero attached hydrogens (tertiary/aromatic N) is 1. The van der Waals surface area contributed by atoms with Crippen LogP contribution in [0.4, 0.5) is 5.69 Å². The van der Waals surface area contributed by atoms with E-state index in [4.69, 9.17) is 14.2 Å². The first-order chi connectivity index (χ1) is 19.3. The van der Waals surface area contributed by atoms with Crippen LogP contribution in [0.25, 0.3) is 6.08 Å². The van der Waals surface area contributed by atoms with Gasteiger partial charge in [-0.25, -0.2) is 4.79 Å². The Morgan fingerprint density at radius 3 is 2.23 bits per heavy atom. The van der Waals surface area contributed by atoms with Gasteiger partial charge in [-0.2, -0.15) is 0 Å². The highest BCUT2D eigenvalue weighted by Crippen LogP contribution is 2.36. The van der Waals surface area contributed by atoms with E-state index in [0.29, 0.717) is 28.4 Å². The monoisotopic (exact) mass is 540 g/mol. The predicted octanol–water partition coefficient (Wildman–Crippen LogP) is 5.22. The lowest BCUT2D eigenvalue weighted by molar-refractivity contribution is -0.138. The van der Waals surface area contributed by atoms with E-state index in [0.717, 1.165) is 5.56 Å². The number of allylic oxidation sites excluding steroid dienone is 1. The molecular formula is C32H32N2O6. The van der Waals surface area contributed by atoms with E-state index in [1.807, 2.05) is 37.3 Å². The number of hydrogen-bond acceptors (Lipinski definition) is 6. The molecule has 3 aromatic rings. The average Bonchev–Trinajstić information content (AvgIpc) is 3.21. The topological polar surface area (TPSA) is 94.2 Å². The Labute approximate surface area is 233 Å². The zero-order chi connectivity index (χ0) is 28.6. The van der Waals surface area contributed by atoms with Crippen LogP contribution in [0.1, 0.15) is 37.9 Å². The van der Waals surface area contributed by atoms with Crippen LogP contribution in [0, 0.1) is 0 Å². The van der Waals surface area contributed by atoms with Gasteiger partial charge in [-0.3, -0.25) is 14.5 Å². The molecule has 1 aliphatic heterocycles. The van der Waals surface area contributed by atoms with Gasteiger partial charge in [-0.05, 0) is 74.4 Å². The summed E-state index contributed by atoms with van der Waals surface area (Å²) in [6.07, 6.45) is 1.65. The molecule has 0 aliphatic carbocycles. The van der Waals surface area contributed by atoms with Crippen molar-refractivity contribution < 1.29 is 28.6 Å². The minimum Gasteiger partial charge on any atom is -0.497 e. The third kappa shape index (κ3) is 6.40. The quantitative estimate of drug-likeness (QED) is 0.280. The Morgan fingerprint density at radius 1 is 0.950 bits per heavy atom. The summed E-state index contributed by atoms with van der Waals surface area (Å²) in [5, 5.41) is 2.91. The minimum absolute atomic E-state index is 0.137. The van der Waals surface area contributed by atoms with Gasteiger partial charge in [-0.1, -0.05) is 42.5 Å². The van der Waals surface area contributed by atoms with E-state index in [2.05, 4.69) is 5.32 Å². The van der Waals surface area contributed by atoms with E-state index >= 15 is 0 Å². The van der Waals surface area contributed by atoms with Gasteiger partial charge < -0.3 is 19.5 Å². The second-order valence-electron chi connectivity index (χ2n) is 9.14.